The molecule has 2 aromatic rings. The van der Waals surface area contributed by atoms with E-state index in [0.717, 1.165) is 8.92 Å². The van der Waals surface area contributed by atoms with Gasteiger partial charge in [-0.15, -0.1) is 0 Å². The predicted molar refractivity (Wildman–Crippen MR) is 120 cm³/mol. The number of rotatable bonds is 9. The molecule has 2 amide bonds. The van der Waals surface area contributed by atoms with Gasteiger partial charge in [0.1, 0.15) is 0 Å². The number of hydrogen-bond acceptors (Lipinski definition) is 6. The Morgan fingerprint density at radius 3 is 1.44 bits per heavy atom. The van der Waals surface area contributed by atoms with Crippen LogP contribution in [0, 0.1) is 5.32 Å². The zero-order valence-corrected chi connectivity index (χ0v) is 22.2. The van der Waals surface area contributed by atoms with Gasteiger partial charge in [-0.3, -0.25) is 0 Å². The largest absolute Gasteiger partial charge is 0 e. The third-order valence-corrected chi connectivity index (χ3v) is 7.93. The van der Waals surface area contributed by atoms with Gasteiger partial charge in [0.25, 0.3) is 0 Å². The number of esters is 1. The van der Waals surface area contributed by atoms with Crippen molar-refractivity contribution in [2.75, 3.05) is 30.5 Å². The molecular formula is C22H26EsN2O6Se-. The molecule has 2 radical (unpaired) electrons. The molecule has 0 atom stereocenters. The van der Waals surface area contributed by atoms with Gasteiger partial charge in [-0.05, 0) is 0 Å². The van der Waals surface area contributed by atoms with Crippen LogP contribution in [0.5, 0.6) is 0 Å². The van der Waals surface area contributed by atoms with Crippen LogP contribution in [0.25, 0.3) is 0 Å². The second kappa shape index (κ2) is 13.2. The SMILES string of the molecule is CCOC(=O)[CH-][Se](c1ccc(NC(=O)OCC)cc1)c1ccc(NC(=O)OCC)cc1.[Es]. The van der Waals surface area contributed by atoms with Gasteiger partial charge in [0.2, 0.25) is 0 Å². The van der Waals surface area contributed by atoms with E-state index in [2.05, 4.69) is 10.6 Å². The number of nitrogens with one attached hydrogen (secondary N) is 2. The molecular weight excluding hydrogens is 719 g/mol. The zero-order chi connectivity index (χ0) is 22.6. The summed E-state index contributed by atoms with van der Waals surface area (Å²) in [4.78, 5) is 35.4. The van der Waals surface area contributed by atoms with E-state index in [1.165, 1.54) is 0 Å². The van der Waals surface area contributed by atoms with Crippen LogP contribution in [-0.4, -0.2) is 51.9 Å². The summed E-state index contributed by atoms with van der Waals surface area (Å²) in [5.74, 6) is -0.380. The number of carbonyl (C=O) groups excluding carboxylic acids is 3. The van der Waals surface area contributed by atoms with Crippen LogP contribution in [0.15, 0.2) is 48.5 Å². The summed E-state index contributed by atoms with van der Waals surface area (Å²) in [6, 6.07) is 14.5. The molecule has 0 saturated carbocycles. The summed E-state index contributed by atoms with van der Waals surface area (Å²) in [6.45, 7) is 6.08. The van der Waals surface area contributed by atoms with Gasteiger partial charge in [0.05, 0.1) is 0 Å². The first-order chi connectivity index (χ1) is 15.0. The van der Waals surface area contributed by atoms with Crippen molar-refractivity contribution >= 4 is 52.4 Å². The Kier molecular flexibility index (Phi) is 10.7. The van der Waals surface area contributed by atoms with Gasteiger partial charge in [0.15, 0.2) is 0 Å². The van der Waals surface area contributed by atoms with Gasteiger partial charge in [-0.2, -0.15) is 0 Å². The van der Waals surface area contributed by atoms with E-state index >= 15 is 0 Å². The van der Waals surface area contributed by atoms with Crippen molar-refractivity contribution in [3.63, 3.8) is 0 Å². The van der Waals surface area contributed by atoms with Crippen molar-refractivity contribution in [2.24, 2.45) is 0 Å². The first-order valence-electron chi connectivity index (χ1n) is 9.79. The standard InChI is InChI=1S/C22H26N2O6Se.Es/c1-4-28-20(25)15-31(18-11-7-16(8-12-18)23-21(26)29-5-2)19-13-9-17(10-14-19)24-22(27)30-6-3;/h7-15H,4-6H2,1-3H3,(H,23,26)(H,24,27);/q-1;. The Hall–Kier alpha value is -4.16. The number of carbonyl (C=O) groups is 3. The minimum atomic E-state index is -1.90. The van der Waals surface area contributed by atoms with E-state index in [1.54, 1.807) is 50.4 Å². The van der Waals surface area contributed by atoms with Crippen LogP contribution >= 0.6 is 0 Å². The first kappa shape index (κ1) is 25.9. The van der Waals surface area contributed by atoms with E-state index in [0.29, 0.717) is 18.0 Å². The molecule has 0 aliphatic carbocycles. The Balaban J connectivity index is 0.00000512. The van der Waals surface area contributed by atoms with Gasteiger partial charge < -0.3 is 0 Å². The average molecular weight is 745 g/mol. The van der Waals surface area contributed by atoms with Crippen molar-refractivity contribution < 1.29 is 28.6 Å². The normalized spacial score (nSPS) is 9.88. The number of ether oxygens (including phenoxy) is 3. The minimum absolute atomic E-state index is 0. The molecule has 0 aromatic heterocycles. The molecule has 178 valence electrons. The molecule has 0 unspecified atom stereocenters. The second-order valence-corrected chi connectivity index (χ2v) is 9.84. The smallest absolute Gasteiger partial charge is 0 e. The molecule has 0 fully saturated rings. The average Bonchev–Trinajstić information content (AvgIpc) is 2.74. The fourth-order valence-corrected chi connectivity index (χ4v) is 5.97. The Morgan fingerprint density at radius 2 is 1.09 bits per heavy atom. The van der Waals surface area contributed by atoms with Crippen molar-refractivity contribution in [2.45, 2.75) is 20.8 Å². The fraction of sp³-hybridized carbons (Fsp3) is 0.273. The molecule has 8 nitrogen and oxygen atoms in total. The first-order valence-corrected chi connectivity index (χ1v) is 12.5. The fourth-order valence-electron chi connectivity index (χ4n) is 2.48. The van der Waals surface area contributed by atoms with E-state index < -0.39 is 26.1 Å². The van der Waals surface area contributed by atoms with Crippen LogP contribution < -0.4 is 19.6 Å². The quantitative estimate of drug-likeness (QED) is 0.177. The third kappa shape index (κ3) is 7.93. The molecule has 0 bridgehead atoms. The molecule has 10 heteroatoms. The maximum Gasteiger partial charge on any atom is 0 e. The zero-order valence-electron chi connectivity index (χ0n) is 18.0. The van der Waals surface area contributed by atoms with E-state index in [-0.39, 0.29) is 19.2 Å². The van der Waals surface area contributed by atoms with Crippen molar-refractivity contribution in [3.05, 3.63) is 53.9 Å². The summed E-state index contributed by atoms with van der Waals surface area (Å²) in [5.41, 5.74) is 1.19. The molecule has 2 rings (SSSR count). The van der Waals surface area contributed by atoms with Crippen molar-refractivity contribution in [3.8, 4) is 0 Å². The van der Waals surface area contributed by atoms with Crippen molar-refractivity contribution in [1.29, 1.82) is 0 Å². The Bertz CT molecular complexity index is 813. The van der Waals surface area contributed by atoms with Crippen LogP contribution in [0.4, 0.5) is 21.0 Å². The molecule has 2 aromatic carbocycles. The second-order valence-electron chi connectivity index (χ2n) is 5.95. The number of benzene rings is 2. The maximum atomic E-state index is 12.2. The topological polar surface area (TPSA) is 103 Å². The van der Waals surface area contributed by atoms with Gasteiger partial charge in [0, 0.05) is 0 Å². The Morgan fingerprint density at radius 1 is 0.719 bits per heavy atom. The summed E-state index contributed by atoms with van der Waals surface area (Å²) in [5, 5.41) is 6.91. The maximum absolute atomic E-state index is 12.2. The van der Waals surface area contributed by atoms with Gasteiger partial charge >= 0.3 is 186 Å². The van der Waals surface area contributed by atoms with E-state index in [1.807, 2.05) is 24.3 Å². The molecule has 0 saturated heterocycles. The molecule has 2 N–H and O–H groups in total. The summed E-state index contributed by atoms with van der Waals surface area (Å²) in [7, 11) is 0. The number of hydrogen-bond donors (Lipinski definition) is 2. The van der Waals surface area contributed by atoms with Crippen LogP contribution in [-0.2, 0) is 19.0 Å². The van der Waals surface area contributed by atoms with Crippen LogP contribution in [0.3, 0.4) is 0 Å². The van der Waals surface area contributed by atoms with Crippen molar-refractivity contribution in [1.82, 2.24) is 0 Å². The predicted octanol–water partition coefficient (Wildman–Crippen LogP) is 2.74. The summed E-state index contributed by atoms with van der Waals surface area (Å²) in [6.07, 6.45) is -1.05. The van der Waals surface area contributed by atoms with E-state index in [4.69, 9.17) is 14.2 Å². The minimum Gasteiger partial charge on any atom is 0 e. The van der Waals surface area contributed by atoms with Gasteiger partial charge in [-0.1, -0.05) is 0 Å². The molecule has 32 heavy (non-hydrogen) atoms. The summed E-state index contributed by atoms with van der Waals surface area (Å²) < 4.78 is 16.8. The van der Waals surface area contributed by atoms with Crippen LogP contribution in [0.2, 0.25) is 0 Å². The van der Waals surface area contributed by atoms with E-state index in [9.17, 15) is 14.4 Å². The number of amides is 2. The molecule has 0 spiro atoms. The summed E-state index contributed by atoms with van der Waals surface area (Å²) >= 11 is -1.90. The number of anilines is 2. The monoisotopic (exact) mass is 746 g/mol. The van der Waals surface area contributed by atoms with Crippen LogP contribution in [0.1, 0.15) is 20.8 Å². The molecule has 0 aliphatic rings. The molecule has 0 aliphatic heterocycles. The Labute approximate surface area is 186 Å². The third-order valence-electron chi connectivity index (χ3n) is 3.76. The van der Waals surface area contributed by atoms with Gasteiger partial charge in [-0.25, -0.2) is 0 Å². The molecule has 0 heterocycles.